The average molecular weight is 409 g/mol. The molecule has 1 aliphatic heterocycles. The van der Waals surface area contributed by atoms with E-state index in [1.54, 1.807) is 4.90 Å². The van der Waals surface area contributed by atoms with E-state index in [0.29, 0.717) is 18.1 Å². The Bertz CT molecular complexity index is 923. The van der Waals surface area contributed by atoms with Crippen molar-refractivity contribution in [3.63, 3.8) is 0 Å². The number of hydrogen-bond donors (Lipinski definition) is 0. The van der Waals surface area contributed by atoms with E-state index in [-0.39, 0.29) is 29.2 Å². The maximum atomic E-state index is 12.6. The minimum atomic E-state index is -3.02. The van der Waals surface area contributed by atoms with Crippen molar-refractivity contribution in [2.75, 3.05) is 23.8 Å². The lowest BCUT2D eigenvalue weighted by molar-refractivity contribution is -0.129. The van der Waals surface area contributed by atoms with Crippen molar-refractivity contribution in [2.24, 2.45) is 7.05 Å². The number of amides is 1. The van der Waals surface area contributed by atoms with Gasteiger partial charge in [0.25, 0.3) is 0 Å². The molecule has 1 aromatic carbocycles. The summed E-state index contributed by atoms with van der Waals surface area (Å²) in [5, 5.41) is 9.11. The molecular formula is C18H24N4O3S2. The van der Waals surface area contributed by atoms with Gasteiger partial charge in [-0.2, -0.15) is 0 Å². The van der Waals surface area contributed by atoms with Crippen LogP contribution >= 0.6 is 11.8 Å². The summed E-state index contributed by atoms with van der Waals surface area (Å²) in [5.74, 6) is 1.13. The fourth-order valence-electron chi connectivity index (χ4n) is 3.26. The first-order valence-corrected chi connectivity index (χ1v) is 11.7. The van der Waals surface area contributed by atoms with Gasteiger partial charge in [-0.15, -0.1) is 10.2 Å². The number of sulfone groups is 1. The lowest BCUT2D eigenvalue weighted by Crippen LogP contribution is -2.42. The molecule has 27 heavy (non-hydrogen) atoms. The summed E-state index contributed by atoms with van der Waals surface area (Å²) in [6, 6.07) is 7.83. The van der Waals surface area contributed by atoms with E-state index in [0.717, 1.165) is 11.4 Å². The number of carbonyl (C=O) groups excluding carboxylic acids is 1. The van der Waals surface area contributed by atoms with Gasteiger partial charge in [0.15, 0.2) is 20.8 Å². The van der Waals surface area contributed by atoms with Crippen LogP contribution in [0.2, 0.25) is 0 Å². The summed E-state index contributed by atoms with van der Waals surface area (Å²) in [5.41, 5.74) is 2.15. The molecule has 3 rings (SSSR count). The fourth-order valence-corrected chi connectivity index (χ4v) is 5.79. The highest BCUT2D eigenvalue weighted by Gasteiger charge is 2.33. The summed E-state index contributed by atoms with van der Waals surface area (Å²) in [6.45, 7) is 4.42. The maximum absolute atomic E-state index is 12.6. The quantitative estimate of drug-likeness (QED) is 0.679. The highest BCUT2D eigenvalue weighted by Crippen LogP contribution is 2.24. The zero-order valence-electron chi connectivity index (χ0n) is 15.8. The molecule has 146 valence electrons. The number of rotatable bonds is 6. The van der Waals surface area contributed by atoms with Gasteiger partial charge >= 0.3 is 0 Å². The SMILES string of the molecule is CCN(C(=O)CSc1nnc(-c2ccc(C)cc2)n1C)C1CCS(=O)(=O)C1. The van der Waals surface area contributed by atoms with Gasteiger partial charge in [0.05, 0.1) is 17.3 Å². The van der Waals surface area contributed by atoms with E-state index >= 15 is 0 Å². The first-order chi connectivity index (χ1) is 12.8. The second-order valence-corrected chi connectivity index (χ2v) is 9.93. The Morgan fingerprint density at radius 1 is 1.30 bits per heavy atom. The molecule has 0 spiro atoms. The van der Waals surface area contributed by atoms with Crippen molar-refractivity contribution in [1.29, 1.82) is 0 Å². The third kappa shape index (κ3) is 4.52. The summed E-state index contributed by atoms with van der Waals surface area (Å²) < 4.78 is 25.3. The number of hydrogen-bond acceptors (Lipinski definition) is 6. The molecule has 1 atom stereocenters. The molecule has 1 aliphatic rings. The van der Waals surface area contributed by atoms with Crippen LogP contribution in [0.5, 0.6) is 0 Å². The Labute approximate surface area is 164 Å². The smallest absolute Gasteiger partial charge is 0.233 e. The van der Waals surface area contributed by atoms with Crippen molar-refractivity contribution < 1.29 is 13.2 Å². The second kappa shape index (κ2) is 8.02. The summed E-state index contributed by atoms with van der Waals surface area (Å²) in [6.07, 6.45) is 0.522. The van der Waals surface area contributed by atoms with E-state index in [2.05, 4.69) is 10.2 Å². The van der Waals surface area contributed by atoms with Crippen LogP contribution < -0.4 is 0 Å². The van der Waals surface area contributed by atoms with Gasteiger partial charge in [-0.3, -0.25) is 4.79 Å². The minimum absolute atomic E-state index is 0.0653. The normalized spacial score (nSPS) is 18.6. The van der Waals surface area contributed by atoms with Gasteiger partial charge in [0.2, 0.25) is 5.91 Å². The topological polar surface area (TPSA) is 85.2 Å². The van der Waals surface area contributed by atoms with Crippen molar-refractivity contribution >= 4 is 27.5 Å². The molecule has 2 aromatic rings. The van der Waals surface area contributed by atoms with Gasteiger partial charge in [0, 0.05) is 25.2 Å². The summed E-state index contributed by atoms with van der Waals surface area (Å²) >= 11 is 1.32. The molecule has 7 nitrogen and oxygen atoms in total. The molecule has 1 amide bonds. The molecule has 1 fully saturated rings. The van der Waals surface area contributed by atoms with Crippen LogP contribution in [-0.2, 0) is 21.7 Å². The van der Waals surface area contributed by atoms with Crippen LogP contribution in [-0.4, -0.2) is 63.8 Å². The van der Waals surface area contributed by atoms with E-state index in [1.807, 2.05) is 49.7 Å². The van der Waals surface area contributed by atoms with Crippen LogP contribution in [0.15, 0.2) is 29.4 Å². The van der Waals surface area contributed by atoms with Crippen LogP contribution in [0.1, 0.15) is 18.9 Å². The van der Waals surface area contributed by atoms with Crippen LogP contribution in [0, 0.1) is 6.92 Å². The monoisotopic (exact) mass is 408 g/mol. The highest BCUT2D eigenvalue weighted by atomic mass is 32.2. The molecule has 0 aliphatic carbocycles. The van der Waals surface area contributed by atoms with Gasteiger partial charge in [0.1, 0.15) is 0 Å². The Kier molecular flexibility index (Phi) is 5.90. The number of nitrogens with zero attached hydrogens (tertiary/aromatic N) is 4. The molecule has 0 N–H and O–H groups in total. The van der Waals surface area contributed by atoms with Gasteiger partial charge in [-0.1, -0.05) is 41.6 Å². The Morgan fingerprint density at radius 3 is 2.59 bits per heavy atom. The van der Waals surface area contributed by atoms with Gasteiger partial charge in [-0.05, 0) is 20.3 Å². The standard InChI is InChI=1S/C18H24N4O3S2/c1-4-22(15-9-10-27(24,25)12-15)16(23)11-26-18-20-19-17(21(18)3)14-7-5-13(2)6-8-14/h5-8,15H,4,9-12H2,1-3H3. The lowest BCUT2D eigenvalue weighted by Gasteiger charge is -2.26. The number of benzene rings is 1. The Hall–Kier alpha value is -1.87. The first kappa shape index (κ1) is 19.9. The lowest BCUT2D eigenvalue weighted by atomic mass is 10.1. The predicted octanol–water partition coefficient (Wildman–Crippen LogP) is 1.92. The van der Waals surface area contributed by atoms with Crippen molar-refractivity contribution in [3.05, 3.63) is 29.8 Å². The molecule has 0 saturated carbocycles. The van der Waals surface area contributed by atoms with Crippen molar-refractivity contribution in [3.8, 4) is 11.4 Å². The fraction of sp³-hybridized carbons (Fsp3) is 0.500. The van der Waals surface area contributed by atoms with Gasteiger partial charge < -0.3 is 9.47 Å². The first-order valence-electron chi connectivity index (χ1n) is 8.90. The number of thioether (sulfide) groups is 1. The van der Waals surface area contributed by atoms with Crippen molar-refractivity contribution in [1.82, 2.24) is 19.7 Å². The second-order valence-electron chi connectivity index (χ2n) is 6.76. The molecule has 1 unspecified atom stereocenters. The van der Waals surface area contributed by atoms with E-state index in [9.17, 15) is 13.2 Å². The Balaban J connectivity index is 1.66. The molecule has 9 heteroatoms. The average Bonchev–Trinajstić information content (AvgIpc) is 3.17. The third-order valence-electron chi connectivity index (χ3n) is 4.78. The van der Waals surface area contributed by atoms with Crippen LogP contribution in [0.3, 0.4) is 0 Å². The molecule has 2 heterocycles. The molecule has 1 aromatic heterocycles. The van der Waals surface area contributed by atoms with E-state index in [4.69, 9.17) is 0 Å². The van der Waals surface area contributed by atoms with Gasteiger partial charge in [-0.25, -0.2) is 8.42 Å². The number of carbonyl (C=O) groups is 1. The maximum Gasteiger partial charge on any atom is 0.233 e. The number of aromatic nitrogens is 3. The zero-order chi connectivity index (χ0) is 19.6. The molecule has 0 bridgehead atoms. The molecular weight excluding hydrogens is 384 g/mol. The van der Waals surface area contributed by atoms with E-state index < -0.39 is 9.84 Å². The summed E-state index contributed by atoms with van der Waals surface area (Å²) in [4.78, 5) is 14.3. The largest absolute Gasteiger partial charge is 0.338 e. The predicted molar refractivity (Wildman–Crippen MR) is 106 cm³/mol. The zero-order valence-corrected chi connectivity index (χ0v) is 17.4. The highest BCUT2D eigenvalue weighted by molar-refractivity contribution is 7.99. The molecule has 0 radical (unpaired) electrons. The Morgan fingerprint density at radius 2 is 2.00 bits per heavy atom. The van der Waals surface area contributed by atoms with Crippen molar-refractivity contribution in [2.45, 2.75) is 31.5 Å². The minimum Gasteiger partial charge on any atom is -0.338 e. The summed E-state index contributed by atoms with van der Waals surface area (Å²) in [7, 11) is -1.14. The van der Waals surface area contributed by atoms with Crippen LogP contribution in [0.25, 0.3) is 11.4 Å². The van der Waals surface area contributed by atoms with E-state index in [1.165, 1.54) is 17.3 Å². The van der Waals surface area contributed by atoms with Crippen LogP contribution in [0.4, 0.5) is 0 Å². The molecule has 1 saturated heterocycles. The third-order valence-corrected chi connectivity index (χ3v) is 7.53. The number of aryl methyl sites for hydroxylation is 1.